The molecule has 0 radical (unpaired) electrons. The van der Waals surface area contributed by atoms with Crippen LogP contribution >= 0.6 is 0 Å². The first-order chi connectivity index (χ1) is 12.9. The van der Waals surface area contributed by atoms with E-state index in [-0.39, 0.29) is 18.7 Å². The number of alkyl halides is 3. The summed E-state index contributed by atoms with van der Waals surface area (Å²) in [6, 6.07) is 3.34. The van der Waals surface area contributed by atoms with Gasteiger partial charge in [0.2, 0.25) is 5.91 Å². The van der Waals surface area contributed by atoms with Crippen LogP contribution in [0.4, 0.5) is 23.7 Å². The molecule has 2 amide bonds. The number of halogens is 3. The normalized spacial score (nSPS) is 20.0. The molecule has 0 saturated carbocycles. The van der Waals surface area contributed by atoms with Crippen molar-refractivity contribution in [2.75, 3.05) is 11.9 Å². The van der Waals surface area contributed by atoms with E-state index in [1.807, 2.05) is 0 Å². The van der Waals surface area contributed by atoms with Crippen molar-refractivity contribution in [3.05, 3.63) is 24.3 Å². The van der Waals surface area contributed by atoms with E-state index in [9.17, 15) is 27.9 Å². The van der Waals surface area contributed by atoms with Gasteiger partial charge in [0.05, 0.1) is 12.6 Å². The van der Waals surface area contributed by atoms with Crippen LogP contribution in [0.2, 0.25) is 0 Å². The average Bonchev–Trinajstić information content (AvgIpc) is 2.96. The van der Waals surface area contributed by atoms with Gasteiger partial charge in [0.1, 0.15) is 17.4 Å². The molecule has 1 aromatic carbocycles. The highest BCUT2D eigenvalue weighted by Crippen LogP contribution is 2.29. The quantitative estimate of drug-likeness (QED) is 0.804. The Morgan fingerprint density at radius 2 is 1.93 bits per heavy atom. The number of aliphatic hydroxyl groups is 1. The van der Waals surface area contributed by atoms with Gasteiger partial charge >= 0.3 is 12.5 Å². The first-order valence-corrected chi connectivity index (χ1v) is 8.68. The van der Waals surface area contributed by atoms with E-state index in [1.54, 1.807) is 20.8 Å². The molecule has 156 valence electrons. The van der Waals surface area contributed by atoms with Crippen molar-refractivity contribution in [3.63, 3.8) is 0 Å². The average molecular weight is 404 g/mol. The highest BCUT2D eigenvalue weighted by molar-refractivity contribution is 5.97. The molecule has 7 nitrogen and oxygen atoms in total. The second-order valence-electron chi connectivity index (χ2n) is 7.38. The van der Waals surface area contributed by atoms with E-state index < -0.39 is 41.8 Å². The topological polar surface area (TPSA) is 88.1 Å². The van der Waals surface area contributed by atoms with E-state index in [0.717, 1.165) is 12.1 Å². The van der Waals surface area contributed by atoms with Gasteiger partial charge < -0.3 is 19.9 Å². The molecular formula is C18H23F3N2O5. The second-order valence-corrected chi connectivity index (χ2v) is 7.38. The summed E-state index contributed by atoms with van der Waals surface area (Å²) in [5, 5.41) is 12.0. The summed E-state index contributed by atoms with van der Waals surface area (Å²) < 4.78 is 46.2. The van der Waals surface area contributed by atoms with Crippen LogP contribution in [0.15, 0.2) is 24.3 Å². The lowest BCUT2D eigenvalue weighted by Crippen LogP contribution is -2.49. The highest BCUT2D eigenvalue weighted by atomic mass is 19.4. The van der Waals surface area contributed by atoms with Crippen LogP contribution in [0.25, 0.3) is 0 Å². The molecule has 1 saturated heterocycles. The summed E-state index contributed by atoms with van der Waals surface area (Å²) in [7, 11) is 0. The van der Waals surface area contributed by atoms with Gasteiger partial charge in [0.15, 0.2) is 0 Å². The number of likely N-dealkylation sites (tertiary alicyclic amines) is 1. The molecule has 10 heteroatoms. The Labute approximate surface area is 160 Å². The lowest BCUT2D eigenvalue weighted by atomic mass is 10.2. The van der Waals surface area contributed by atoms with Crippen LogP contribution in [0.1, 0.15) is 33.6 Å². The molecule has 1 aromatic rings. The third kappa shape index (κ3) is 6.01. The summed E-state index contributed by atoms with van der Waals surface area (Å²) in [5.41, 5.74) is -0.701. The van der Waals surface area contributed by atoms with Gasteiger partial charge in [-0.1, -0.05) is 6.07 Å². The van der Waals surface area contributed by atoms with Crippen LogP contribution in [0.5, 0.6) is 5.75 Å². The SMILES string of the molecule is CC(C)(C)OC(=O)N1[C@@H](CO)CC[C@H]1C(=O)Nc1cccc(OC(F)(F)F)c1. The molecule has 1 aliphatic heterocycles. The minimum Gasteiger partial charge on any atom is -0.444 e. The number of anilines is 1. The van der Waals surface area contributed by atoms with Gasteiger partial charge in [-0.2, -0.15) is 0 Å². The number of amides is 2. The Balaban J connectivity index is 2.13. The zero-order valence-electron chi connectivity index (χ0n) is 15.7. The monoisotopic (exact) mass is 404 g/mol. The molecule has 28 heavy (non-hydrogen) atoms. The number of carbonyl (C=O) groups is 2. The van der Waals surface area contributed by atoms with Crippen LogP contribution in [-0.2, 0) is 9.53 Å². The minimum atomic E-state index is -4.85. The Morgan fingerprint density at radius 3 is 2.50 bits per heavy atom. The zero-order valence-corrected chi connectivity index (χ0v) is 15.7. The van der Waals surface area contributed by atoms with Crippen molar-refractivity contribution in [2.24, 2.45) is 0 Å². The predicted octanol–water partition coefficient (Wildman–Crippen LogP) is 3.28. The maximum absolute atomic E-state index is 12.6. The third-order valence-electron chi connectivity index (χ3n) is 3.96. The van der Waals surface area contributed by atoms with Crippen LogP contribution in [0, 0.1) is 0 Å². The lowest BCUT2D eigenvalue weighted by molar-refractivity contribution is -0.274. The van der Waals surface area contributed by atoms with Crippen molar-refractivity contribution in [1.29, 1.82) is 0 Å². The summed E-state index contributed by atoms with van der Waals surface area (Å²) in [4.78, 5) is 26.3. The van der Waals surface area contributed by atoms with Crippen LogP contribution in [-0.4, -0.2) is 52.7 Å². The van der Waals surface area contributed by atoms with Crippen molar-refractivity contribution in [2.45, 2.75) is 57.7 Å². The molecule has 2 N–H and O–H groups in total. The summed E-state index contributed by atoms with van der Waals surface area (Å²) in [6.07, 6.45) is -4.91. The number of nitrogens with zero attached hydrogens (tertiary/aromatic N) is 1. The van der Waals surface area contributed by atoms with Crippen molar-refractivity contribution in [3.8, 4) is 5.75 Å². The number of benzene rings is 1. The number of ether oxygens (including phenoxy) is 2. The van der Waals surface area contributed by atoms with Gasteiger partial charge in [0, 0.05) is 11.8 Å². The number of rotatable bonds is 4. The Bertz CT molecular complexity index is 718. The maximum atomic E-state index is 12.6. The van der Waals surface area contributed by atoms with Gasteiger partial charge in [-0.25, -0.2) is 4.79 Å². The van der Waals surface area contributed by atoms with Crippen molar-refractivity contribution in [1.82, 2.24) is 4.90 Å². The molecule has 0 aromatic heterocycles. The van der Waals surface area contributed by atoms with E-state index in [0.29, 0.717) is 6.42 Å². The highest BCUT2D eigenvalue weighted by Gasteiger charge is 2.42. The summed E-state index contributed by atoms with van der Waals surface area (Å²) >= 11 is 0. The molecule has 2 atom stereocenters. The first kappa shape index (κ1) is 21.8. The summed E-state index contributed by atoms with van der Waals surface area (Å²) in [6.45, 7) is 4.69. The number of aliphatic hydroxyl groups excluding tert-OH is 1. The Hall–Kier alpha value is -2.49. The van der Waals surface area contributed by atoms with E-state index in [2.05, 4.69) is 10.1 Å². The lowest BCUT2D eigenvalue weighted by Gasteiger charge is -2.31. The van der Waals surface area contributed by atoms with Crippen molar-refractivity contribution >= 4 is 17.7 Å². The molecule has 2 rings (SSSR count). The maximum Gasteiger partial charge on any atom is 0.573 e. The second kappa shape index (κ2) is 8.26. The van der Waals surface area contributed by atoms with Crippen LogP contribution in [0.3, 0.4) is 0 Å². The van der Waals surface area contributed by atoms with Gasteiger partial charge in [-0.05, 0) is 45.7 Å². The fourth-order valence-electron chi connectivity index (χ4n) is 2.91. The fraction of sp³-hybridized carbons (Fsp3) is 0.556. The fourth-order valence-corrected chi connectivity index (χ4v) is 2.91. The van der Waals surface area contributed by atoms with Gasteiger partial charge in [-0.15, -0.1) is 13.2 Å². The molecule has 1 heterocycles. The largest absolute Gasteiger partial charge is 0.573 e. The summed E-state index contributed by atoms with van der Waals surface area (Å²) in [5.74, 6) is -1.07. The van der Waals surface area contributed by atoms with E-state index >= 15 is 0 Å². The standard InChI is InChI=1S/C18H23F3N2O5/c1-17(2,3)28-16(26)23-12(10-24)7-8-14(23)15(25)22-11-5-4-6-13(9-11)27-18(19,20)21/h4-6,9,12,14,24H,7-8,10H2,1-3H3,(H,22,25)/t12-,14+/m1/s1. The predicted molar refractivity (Wildman–Crippen MR) is 93.7 cm³/mol. The van der Waals surface area contributed by atoms with Gasteiger partial charge in [0.25, 0.3) is 0 Å². The number of nitrogens with one attached hydrogen (secondary N) is 1. The first-order valence-electron chi connectivity index (χ1n) is 8.68. The number of carbonyl (C=O) groups excluding carboxylic acids is 2. The third-order valence-corrected chi connectivity index (χ3v) is 3.96. The molecule has 0 bridgehead atoms. The molecular weight excluding hydrogens is 381 g/mol. The van der Waals surface area contributed by atoms with E-state index in [1.165, 1.54) is 17.0 Å². The van der Waals surface area contributed by atoms with Crippen LogP contribution < -0.4 is 10.1 Å². The molecule has 0 spiro atoms. The molecule has 1 aliphatic rings. The Morgan fingerprint density at radius 1 is 1.25 bits per heavy atom. The number of hydrogen-bond donors (Lipinski definition) is 2. The van der Waals surface area contributed by atoms with E-state index in [4.69, 9.17) is 4.74 Å². The molecule has 0 aliphatic carbocycles. The molecule has 0 unspecified atom stereocenters. The zero-order chi connectivity index (χ0) is 21.1. The van der Waals surface area contributed by atoms with Gasteiger partial charge in [-0.3, -0.25) is 9.69 Å². The minimum absolute atomic E-state index is 0.0864. The van der Waals surface area contributed by atoms with Crippen molar-refractivity contribution < 1.29 is 37.3 Å². The molecule has 1 fully saturated rings. The smallest absolute Gasteiger partial charge is 0.444 e. The Kier molecular flexibility index (Phi) is 6.43. The number of hydrogen-bond acceptors (Lipinski definition) is 5.